The first-order chi connectivity index (χ1) is 16.2. The number of nitrogens with zero attached hydrogens (tertiary/aromatic N) is 2. The molecule has 2 heterocycles. The minimum atomic E-state index is -0.283. The average Bonchev–Trinajstić information content (AvgIpc) is 3.43. The van der Waals surface area contributed by atoms with E-state index >= 15 is 0 Å². The van der Waals surface area contributed by atoms with Crippen LogP contribution in [0.1, 0.15) is 24.0 Å². The predicted octanol–water partition coefficient (Wildman–Crippen LogP) is 5.41. The Morgan fingerprint density at radius 3 is 2.58 bits per heavy atom. The summed E-state index contributed by atoms with van der Waals surface area (Å²) in [5.41, 5.74) is 5.18. The maximum atomic E-state index is 12.5. The van der Waals surface area contributed by atoms with Crippen molar-refractivity contribution in [3.05, 3.63) is 83.9 Å². The highest BCUT2D eigenvalue weighted by Gasteiger charge is 2.20. The average molecular weight is 457 g/mol. The first-order valence-corrected chi connectivity index (χ1v) is 11.8. The first-order valence-electron chi connectivity index (χ1n) is 11.0. The fourth-order valence-corrected chi connectivity index (χ4v) is 4.94. The third-order valence-electron chi connectivity index (χ3n) is 5.78. The number of carbonyl (C=O) groups excluding carboxylic acids is 2. The maximum absolute atomic E-state index is 12.5. The minimum absolute atomic E-state index is 0.236. The molecule has 0 atom stereocenters. The Morgan fingerprint density at radius 2 is 1.79 bits per heavy atom. The number of hydrogen-bond acceptors (Lipinski definition) is 4. The molecule has 0 bridgehead atoms. The number of amides is 3. The van der Waals surface area contributed by atoms with E-state index in [1.165, 1.54) is 11.3 Å². The Hall–Kier alpha value is -3.71. The zero-order valence-electron chi connectivity index (χ0n) is 18.1. The number of anilines is 1. The highest BCUT2D eigenvalue weighted by molar-refractivity contribution is 7.22. The molecule has 4 aromatic rings. The third-order valence-corrected chi connectivity index (χ3v) is 6.73. The number of benzene rings is 3. The van der Waals surface area contributed by atoms with E-state index in [0.29, 0.717) is 24.6 Å². The molecule has 1 aliphatic rings. The number of urea groups is 1. The topological polar surface area (TPSA) is 74.3 Å². The van der Waals surface area contributed by atoms with E-state index in [1.54, 1.807) is 0 Å². The Kier molecular flexibility index (Phi) is 6.04. The van der Waals surface area contributed by atoms with E-state index in [2.05, 4.69) is 45.9 Å². The van der Waals surface area contributed by atoms with Gasteiger partial charge in [-0.1, -0.05) is 72.0 Å². The van der Waals surface area contributed by atoms with E-state index in [9.17, 15) is 9.59 Å². The number of nitrogens with one attached hydrogen (secondary N) is 2. The normalized spacial score (nSPS) is 13.5. The summed E-state index contributed by atoms with van der Waals surface area (Å²) in [6.07, 6.45) is 1.61. The van der Waals surface area contributed by atoms with Gasteiger partial charge in [0.25, 0.3) is 0 Å². The Labute approximate surface area is 196 Å². The van der Waals surface area contributed by atoms with Gasteiger partial charge in [0.05, 0.1) is 10.2 Å². The monoisotopic (exact) mass is 456 g/mol. The second-order valence-electron chi connectivity index (χ2n) is 8.07. The molecular formula is C26H24N4O2S. The number of fused-ring (bicyclic) bond motifs is 1. The molecule has 3 aromatic carbocycles. The molecule has 1 aromatic heterocycles. The molecule has 1 fully saturated rings. The number of aromatic nitrogens is 1. The first kappa shape index (κ1) is 21.2. The van der Waals surface area contributed by atoms with E-state index in [-0.39, 0.29) is 11.9 Å². The van der Waals surface area contributed by atoms with Gasteiger partial charge in [-0.05, 0) is 40.8 Å². The second kappa shape index (κ2) is 9.42. The van der Waals surface area contributed by atoms with Crippen molar-refractivity contribution in [3.63, 3.8) is 0 Å². The predicted molar refractivity (Wildman–Crippen MR) is 132 cm³/mol. The van der Waals surface area contributed by atoms with Crippen molar-refractivity contribution in [1.82, 2.24) is 15.2 Å². The van der Waals surface area contributed by atoms with Gasteiger partial charge >= 0.3 is 6.03 Å². The molecule has 2 N–H and O–H groups in total. The lowest BCUT2D eigenvalue weighted by molar-refractivity contribution is -0.128. The lowest BCUT2D eigenvalue weighted by Gasteiger charge is -2.16. The lowest BCUT2D eigenvalue weighted by Crippen LogP contribution is -2.28. The molecule has 0 radical (unpaired) electrons. The molecule has 6 nitrogen and oxygen atoms in total. The van der Waals surface area contributed by atoms with Gasteiger partial charge in [0.1, 0.15) is 0 Å². The van der Waals surface area contributed by atoms with Crippen LogP contribution in [-0.4, -0.2) is 28.4 Å². The van der Waals surface area contributed by atoms with Crippen LogP contribution in [-0.2, 0) is 17.9 Å². The number of likely N-dealkylation sites (tertiary alicyclic amines) is 1. The van der Waals surface area contributed by atoms with Crippen molar-refractivity contribution in [2.45, 2.75) is 25.9 Å². The van der Waals surface area contributed by atoms with Crippen molar-refractivity contribution < 1.29 is 9.59 Å². The summed E-state index contributed by atoms with van der Waals surface area (Å²) in [5, 5.41) is 6.35. The van der Waals surface area contributed by atoms with Gasteiger partial charge in [-0.15, -0.1) is 0 Å². The van der Waals surface area contributed by atoms with Gasteiger partial charge < -0.3 is 10.2 Å². The van der Waals surface area contributed by atoms with Gasteiger partial charge in [-0.25, -0.2) is 9.78 Å². The highest BCUT2D eigenvalue weighted by Crippen LogP contribution is 2.26. The summed E-state index contributed by atoms with van der Waals surface area (Å²) in [4.78, 5) is 30.7. The number of carbonyl (C=O) groups is 2. The number of thiazole rings is 1. The fraction of sp³-hybridized carbons (Fsp3) is 0.192. The van der Waals surface area contributed by atoms with Crippen molar-refractivity contribution in [2.75, 3.05) is 11.9 Å². The lowest BCUT2D eigenvalue weighted by atomic mass is 9.98. The van der Waals surface area contributed by atoms with Crippen molar-refractivity contribution in [1.29, 1.82) is 0 Å². The van der Waals surface area contributed by atoms with Crippen molar-refractivity contribution >= 4 is 38.6 Å². The Morgan fingerprint density at radius 1 is 1.00 bits per heavy atom. The van der Waals surface area contributed by atoms with Crippen LogP contribution < -0.4 is 10.6 Å². The van der Waals surface area contributed by atoms with Gasteiger partial charge in [-0.2, -0.15) is 0 Å². The van der Waals surface area contributed by atoms with Crippen LogP contribution in [0.15, 0.2) is 72.8 Å². The second-order valence-corrected chi connectivity index (χ2v) is 9.10. The smallest absolute Gasteiger partial charge is 0.321 e. The number of rotatable bonds is 6. The Bertz CT molecular complexity index is 1270. The molecule has 0 aliphatic carbocycles. The molecule has 0 saturated carbocycles. The fourth-order valence-electron chi connectivity index (χ4n) is 4.08. The largest absolute Gasteiger partial charge is 0.338 e. The van der Waals surface area contributed by atoms with Crippen LogP contribution in [0.2, 0.25) is 0 Å². The van der Waals surface area contributed by atoms with Crippen LogP contribution in [0, 0.1) is 0 Å². The Balaban J connectivity index is 1.24. The van der Waals surface area contributed by atoms with Crippen LogP contribution >= 0.6 is 11.3 Å². The van der Waals surface area contributed by atoms with Gasteiger partial charge in [-0.3, -0.25) is 10.1 Å². The molecule has 1 aliphatic heterocycles. The maximum Gasteiger partial charge on any atom is 0.321 e. The third kappa shape index (κ3) is 4.88. The molecule has 3 amide bonds. The van der Waals surface area contributed by atoms with Gasteiger partial charge in [0, 0.05) is 26.1 Å². The SMILES string of the molecule is O=C(NCc1ccccc1-c1ccc(CN2CCCC2=O)cc1)Nc1nc2ccccc2s1. The molecule has 1 saturated heterocycles. The van der Waals surface area contributed by atoms with Crippen molar-refractivity contribution in [2.24, 2.45) is 0 Å². The van der Waals surface area contributed by atoms with E-state index in [4.69, 9.17) is 0 Å². The van der Waals surface area contributed by atoms with Gasteiger partial charge in [0.15, 0.2) is 5.13 Å². The van der Waals surface area contributed by atoms with Crippen LogP contribution in [0.5, 0.6) is 0 Å². The summed E-state index contributed by atoms with van der Waals surface area (Å²) < 4.78 is 1.04. The molecule has 33 heavy (non-hydrogen) atoms. The minimum Gasteiger partial charge on any atom is -0.338 e. The molecule has 5 rings (SSSR count). The highest BCUT2D eigenvalue weighted by atomic mass is 32.1. The van der Waals surface area contributed by atoms with Crippen LogP contribution in [0.3, 0.4) is 0 Å². The van der Waals surface area contributed by atoms with Gasteiger partial charge in [0.2, 0.25) is 5.91 Å². The zero-order chi connectivity index (χ0) is 22.6. The van der Waals surface area contributed by atoms with E-state index in [0.717, 1.165) is 45.4 Å². The quantitative estimate of drug-likeness (QED) is 0.408. The molecule has 0 unspecified atom stereocenters. The summed E-state index contributed by atoms with van der Waals surface area (Å²) in [7, 11) is 0. The summed E-state index contributed by atoms with van der Waals surface area (Å²) in [5.74, 6) is 0.236. The van der Waals surface area contributed by atoms with E-state index < -0.39 is 0 Å². The molecular weight excluding hydrogens is 432 g/mol. The standard InChI is InChI=1S/C26H24N4O2S/c31-24-10-5-15-30(24)17-18-11-13-19(14-12-18)21-7-2-1-6-20(21)16-27-25(32)29-26-28-22-8-3-4-9-23(22)33-26/h1-4,6-9,11-14H,5,10,15-17H2,(H2,27,28,29,32). The number of hydrogen-bond donors (Lipinski definition) is 2. The molecule has 7 heteroatoms. The number of para-hydroxylation sites is 1. The summed E-state index contributed by atoms with van der Waals surface area (Å²) >= 11 is 1.45. The van der Waals surface area contributed by atoms with Crippen molar-refractivity contribution in [3.8, 4) is 11.1 Å². The zero-order valence-corrected chi connectivity index (χ0v) is 18.9. The summed E-state index contributed by atoms with van der Waals surface area (Å²) in [6, 6.07) is 23.9. The van der Waals surface area contributed by atoms with Crippen LogP contribution in [0.4, 0.5) is 9.93 Å². The molecule has 166 valence electrons. The summed E-state index contributed by atoms with van der Waals surface area (Å²) in [6.45, 7) is 1.90. The van der Waals surface area contributed by atoms with E-state index in [1.807, 2.05) is 47.4 Å². The molecule has 0 spiro atoms. The van der Waals surface area contributed by atoms with Crippen LogP contribution in [0.25, 0.3) is 21.3 Å².